The zero-order valence-electron chi connectivity index (χ0n) is 26.4. The highest BCUT2D eigenvalue weighted by atomic mass is 32.1. The summed E-state index contributed by atoms with van der Waals surface area (Å²) in [5.41, 5.74) is 1.06. The highest BCUT2D eigenvalue weighted by Gasteiger charge is 2.48. The number of aryl methyl sites for hydroxylation is 1. The lowest BCUT2D eigenvalue weighted by molar-refractivity contribution is -0.132. The summed E-state index contributed by atoms with van der Waals surface area (Å²) in [5.74, 6) is -1.14. The Bertz CT molecular complexity index is 1550. The van der Waals surface area contributed by atoms with E-state index in [2.05, 4.69) is 18.8 Å². The number of esters is 1. The van der Waals surface area contributed by atoms with E-state index in [1.807, 2.05) is 0 Å². The number of rotatable bonds is 15. The van der Waals surface area contributed by atoms with Crippen LogP contribution >= 0.6 is 11.3 Å². The Hall–Kier alpha value is -4.38. The van der Waals surface area contributed by atoms with Gasteiger partial charge in [0, 0.05) is 5.56 Å². The largest absolute Gasteiger partial charge is 0.507 e. The normalized spacial score (nSPS) is 15.8. The number of methoxy groups -OCH3 is 1. The maximum absolute atomic E-state index is 13.7. The SMILES string of the molecule is CCCCCOc1ccc(C2/C(=C(/O)c3ccc(OCCCC)cc3)C(=O)C(=O)N2c2nc(C)c(C(=O)OCC)s2)cc1OC. The molecule has 3 aromatic rings. The molecular formula is C34H40N2O8S. The number of aliphatic hydroxyl groups is 1. The van der Waals surface area contributed by atoms with Gasteiger partial charge in [-0.15, -0.1) is 0 Å². The first-order chi connectivity index (χ1) is 21.7. The number of anilines is 1. The van der Waals surface area contributed by atoms with Crippen molar-refractivity contribution in [1.82, 2.24) is 4.98 Å². The van der Waals surface area contributed by atoms with Gasteiger partial charge < -0.3 is 24.1 Å². The monoisotopic (exact) mass is 636 g/mol. The molecule has 0 saturated carbocycles. The Labute approximate surface area is 267 Å². The summed E-state index contributed by atoms with van der Waals surface area (Å²) in [6, 6.07) is 10.8. The number of amides is 1. The van der Waals surface area contributed by atoms with Gasteiger partial charge in [0.1, 0.15) is 16.4 Å². The minimum atomic E-state index is -1.07. The van der Waals surface area contributed by atoms with Crippen LogP contribution in [0, 0.1) is 6.92 Å². The molecule has 4 rings (SSSR count). The first kappa shape index (κ1) is 33.5. The van der Waals surface area contributed by atoms with Crippen LogP contribution in [-0.2, 0) is 14.3 Å². The second kappa shape index (κ2) is 15.6. The van der Waals surface area contributed by atoms with Crippen LogP contribution in [-0.4, -0.2) is 54.7 Å². The van der Waals surface area contributed by atoms with Crippen LogP contribution in [0.3, 0.4) is 0 Å². The molecule has 1 amide bonds. The topological polar surface area (TPSA) is 124 Å². The Morgan fingerprint density at radius 2 is 1.67 bits per heavy atom. The van der Waals surface area contributed by atoms with Crippen LogP contribution in [0.15, 0.2) is 48.0 Å². The number of benzene rings is 2. The highest BCUT2D eigenvalue weighted by Crippen LogP contribution is 2.45. The smallest absolute Gasteiger partial charge is 0.350 e. The highest BCUT2D eigenvalue weighted by molar-refractivity contribution is 7.17. The lowest BCUT2D eigenvalue weighted by Crippen LogP contribution is -2.29. The Morgan fingerprint density at radius 3 is 2.33 bits per heavy atom. The fraction of sp³-hybridized carbons (Fsp3) is 0.412. The zero-order valence-corrected chi connectivity index (χ0v) is 27.2. The van der Waals surface area contributed by atoms with Crippen LogP contribution < -0.4 is 19.1 Å². The van der Waals surface area contributed by atoms with Crippen LogP contribution in [0.5, 0.6) is 17.2 Å². The maximum atomic E-state index is 13.7. The number of aromatic nitrogens is 1. The molecule has 1 N–H and O–H groups in total. The number of Topliss-reactive ketones (excluding diaryl/α,β-unsaturated/α-hetero) is 1. The minimum Gasteiger partial charge on any atom is -0.507 e. The molecule has 10 nitrogen and oxygen atoms in total. The number of thiazole rings is 1. The van der Waals surface area contributed by atoms with Crippen molar-refractivity contribution in [2.75, 3.05) is 31.8 Å². The number of nitrogens with zero attached hydrogens (tertiary/aromatic N) is 2. The second-order valence-electron chi connectivity index (χ2n) is 10.5. The zero-order chi connectivity index (χ0) is 32.5. The van der Waals surface area contributed by atoms with Crippen molar-refractivity contribution in [1.29, 1.82) is 0 Å². The molecule has 1 unspecified atom stereocenters. The van der Waals surface area contributed by atoms with E-state index in [-0.39, 0.29) is 27.9 Å². The summed E-state index contributed by atoms with van der Waals surface area (Å²) >= 11 is 0.949. The van der Waals surface area contributed by atoms with Crippen molar-refractivity contribution in [3.63, 3.8) is 0 Å². The van der Waals surface area contributed by atoms with E-state index in [0.29, 0.717) is 47.3 Å². The molecule has 1 aliphatic heterocycles. The molecule has 11 heteroatoms. The molecule has 0 spiro atoms. The molecule has 0 aliphatic carbocycles. The predicted molar refractivity (Wildman–Crippen MR) is 172 cm³/mol. The third-order valence-electron chi connectivity index (χ3n) is 7.30. The lowest BCUT2D eigenvalue weighted by Gasteiger charge is -2.24. The summed E-state index contributed by atoms with van der Waals surface area (Å²) in [6.45, 7) is 8.76. The summed E-state index contributed by atoms with van der Waals surface area (Å²) in [7, 11) is 1.51. The quantitative estimate of drug-likeness (QED) is 0.0617. The average molecular weight is 637 g/mol. The van der Waals surface area contributed by atoms with E-state index in [1.165, 1.54) is 12.0 Å². The van der Waals surface area contributed by atoms with E-state index >= 15 is 0 Å². The first-order valence-electron chi connectivity index (χ1n) is 15.2. The number of ether oxygens (including phenoxy) is 4. The molecule has 1 aliphatic rings. The number of hydrogen-bond acceptors (Lipinski definition) is 10. The number of aliphatic hydroxyl groups excluding tert-OH is 1. The van der Waals surface area contributed by atoms with Crippen molar-refractivity contribution >= 4 is 39.9 Å². The van der Waals surface area contributed by atoms with Crippen molar-refractivity contribution < 1.29 is 38.4 Å². The summed E-state index contributed by atoms with van der Waals surface area (Å²) in [5, 5.41) is 11.7. The fourth-order valence-corrected chi connectivity index (χ4v) is 5.91. The van der Waals surface area contributed by atoms with Crippen molar-refractivity contribution in [2.45, 2.75) is 65.8 Å². The van der Waals surface area contributed by atoms with Crippen LogP contribution in [0.25, 0.3) is 5.76 Å². The Morgan fingerprint density at radius 1 is 0.956 bits per heavy atom. The number of hydrogen-bond donors (Lipinski definition) is 1. The van der Waals surface area contributed by atoms with Gasteiger partial charge in [0.05, 0.1) is 44.2 Å². The van der Waals surface area contributed by atoms with Gasteiger partial charge in [-0.1, -0.05) is 50.5 Å². The van der Waals surface area contributed by atoms with E-state index in [1.54, 1.807) is 56.3 Å². The van der Waals surface area contributed by atoms with Gasteiger partial charge in [-0.05, 0) is 68.7 Å². The van der Waals surface area contributed by atoms with Gasteiger partial charge in [0.15, 0.2) is 16.6 Å². The Balaban J connectivity index is 1.82. The molecule has 2 heterocycles. The predicted octanol–water partition coefficient (Wildman–Crippen LogP) is 7.01. The summed E-state index contributed by atoms with van der Waals surface area (Å²) in [4.78, 5) is 45.9. The molecule has 1 fully saturated rings. The van der Waals surface area contributed by atoms with Gasteiger partial charge in [0.25, 0.3) is 5.78 Å². The molecule has 1 aromatic heterocycles. The van der Waals surface area contributed by atoms with Crippen LogP contribution in [0.2, 0.25) is 0 Å². The van der Waals surface area contributed by atoms with Gasteiger partial charge in [-0.2, -0.15) is 0 Å². The van der Waals surface area contributed by atoms with Gasteiger partial charge in [-0.3, -0.25) is 14.5 Å². The van der Waals surface area contributed by atoms with E-state index < -0.39 is 23.7 Å². The number of ketones is 1. The van der Waals surface area contributed by atoms with E-state index in [0.717, 1.165) is 43.4 Å². The molecule has 2 aromatic carbocycles. The van der Waals surface area contributed by atoms with E-state index in [4.69, 9.17) is 18.9 Å². The molecule has 240 valence electrons. The molecule has 0 bridgehead atoms. The third kappa shape index (κ3) is 7.47. The third-order valence-corrected chi connectivity index (χ3v) is 8.44. The molecule has 0 radical (unpaired) electrons. The van der Waals surface area contributed by atoms with Crippen molar-refractivity contribution in [2.24, 2.45) is 0 Å². The van der Waals surface area contributed by atoms with Gasteiger partial charge in [-0.25, -0.2) is 9.78 Å². The molecular weight excluding hydrogens is 596 g/mol. The van der Waals surface area contributed by atoms with Gasteiger partial charge >= 0.3 is 11.9 Å². The lowest BCUT2D eigenvalue weighted by atomic mass is 9.95. The minimum absolute atomic E-state index is 0.121. The summed E-state index contributed by atoms with van der Waals surface area (Å²) in [6.07, 6.45) is 4.87. The molecule has 45 heavy (non-hydrogen) atoms. The molecule has 1 saturated heterocycles. The standard InChI is InChI=1S/C34H40N2O8S/c1-6-9-11-19-44-25-17-14-23(20-26(25)41-5)28-27(29(37)22-12-15-24(16-13-22)43-18-10-7-2)30(38)32(39)36(28)34-35-21(4)31(45-34)33(40)42-8-3/h12-17,20,28,37H,6-11,18-19H2,1-5H3/b29-27-. The number of carbonyl (C=O) groups excluding carboxylic acids is 3. The fourth-order valence-electron chi connectivity index (χ4n) is 4.92. The summed E-state index contributed by atoms with van der Waals surface area (Å²) < 4.78 is 22.5. The molecule has 1 atom stereocenters. The average Bonchev–Trinajstić information content (AvgIpc) is 3.55. The van der Waals surface area contributed by atoms with Gasteiger partial charge in [0.2, 0.25) is 0 Å². The van der Waals surface area contributed by atoms with Crippen molar-refractivity contribution in [3.8, 4) is 17.2 Å². The number of carbonyl (C=O) groups is 3. The van der Waals surface area contributed by atoms with Crippen LogP contribution in [0.4, 0.5) is 5.13 Å². The Kier molecular flexibility index (Phi) is 11.6. The maximum Gasteiger partial charge on any atom is 0.350 e. The number of unbranched alkanes of at least 4 members (excludes halogenated alkanes) is 3. The van der Waals surface area contributed by atoms with Crippen LogP contribution in [0.1, 0.15) is 85.4 Å². The second-order valence-corrected chi connectivity index (χ2v) is 11.5. The van der Waals surface area contributed by atoms with E-state index in [9.17, 15) is 19.5 Å². The van der Waals surface area contributed by atoms with Crippen molar-refractivity contribution in [3.05, 3.63) is 69.7 Å². The first-order valence-corrected chi connectivity index (χ1v) is 16.1.